The van der Waals surface area contributed by atoms with Gasteiger partial charge < -0.3 is 37.0 Å². The van der Waals surface area contributed by atoms with Gasteiger partial charge in [-0.1, -0.05) is 24.3 Å². The number of phenols is 2. The standard InChI is InChI=1S/C32H32N6O9S2/c1-13-11-48-30-21(35-25(41)19(33)15-3-7-17(39)8-4-15)28(44)37(30)23(13)27(43)34-20(16-5-9-18(40)10-6-16)26(42)36-22-29(45)38-24(32(46)47)14(2)12-49-31(22)38/h3-10,19-22,30-31,39-40H,11-12,33H2,1-2H3,(H,34,43)(H,35,41)(H,36,42)(H,46,47). The van der Waals surface area contributed by atoms with Crippen molar-refractivity contribution >= 4 is 59.0 Å². The molecule has 0 radical (unpaired) electrons. The minimum absolute atomic E-state index is 0.00564. The second kappa shape index (κ2) is 13.1. The molecule has 2 aromatic carbocycles. The number of fused-ring (bicyclic) bond motifs is 2. The molecule has 15 nitrogen and oxygen atoms in total. The molecule has 256 valence electrons. The highest BCUT2D eigenvalue weighted by molar-refractivity contribution is 8.00. The molecule has 0 bridgehead atoms. The van der Waals surface area contributed by atoms with E-state index in [0.717, 1.165) is 4.90 Å². The molecule has 0 saturated carbocycles. The molecule has 17 heteroatoms. The maximum atomic E-state index is 13.9. The number of carboxylic acid groups (broad SMARTS) is 1. The van der Waals surface area contributed by atoms with Crippen LogP contribution < -0.4 is 21.7 Å². The lowest BCUT2D eigenvalue weighted by atomic mass is 9.99. The van der Waals surface area contributed by atoms with Crippen molar-refractivity contribution in [1.29, 1.82) is 0 Å². The number of nitrogens with two attached hydrogens (primary N) is 1. The zero-order valence-corrected chi connectivity index (χ0v) is 27.7. The SMILES string of the molecule is CC1=C(C(=O)O)N2C(=O)C(NC(=O)C(NC(=O)C3=C(C)CSC4C(NC(=O)C(N)c5ccc(O)cc5)C(=O)N34)c3ccc(O)cc3)C2SC1. The van der Waals surface area contributed by atoms with Crippen LogP contribution in [0.1, 0.15) is 37.1 Å². The van der Waals surface area contributed by atoms with Gasteiger partial charge in [-0.25, -0.2) is 4.79 Å². The molecule has 6 rings (SSSR count). The fourth-order valence-electron chi connectivity index (χ4n) is 6.05. The number of carbonyl (C=O) groups excluding carboxylic acids is 5. The molecule has 0 aliphatic carbocycles. The first-order valence-electron chi connectivity index (χ1n) is 15.1. The van der Waals surface area contributed by atoms with Crippen LogP contribution in [0.15, 0.2) is 71.1 Å². The summed E-state index contributed by atoms with van der Waals surface area (Å²) in [5, 5.41) is 35.7. The third-order valence-corrected chi connectivity index (χ3v) is 11.5. The first kappa shape index (κ1) is 33.9. The number of β-lactam (4-membered cyclic amide) rings is 2. The topological polar surface area (TPSA) is 232 Å². The maximum absolute atomic E-state index is 13.9. The third-order valence-electron chi connectivity index (χ3n) is 8.63. The molecule has 6 atom stereocenters. The second-order valence-electron chi connectivity index (χ2n) is 11.9. The van der Waals surface area contributed by atoms with Crippen LogP contribution >= 0.6 is 23.5 Å². The van der Waals surface area contributed by atoms with Crippen molar-refractivity contribution in [1.82, 2.24) is 25.8 Å². The van der Waals surface area contributed by atoms with Crippen molar-refractivity contribution in [3.05, 3.63) is 82.2 Å². The third kappa shape index (κ3) is 6.08. The van der Waals surface area contributed by atoms with E-state index >= 15 is 0 Å². The van der Waals surface area contributed by atoms with Crippen LogP contribution in [0.3, 0.4) is 0 Å². The summed E-state index contributed by atoms with van der Waals surface area (Å²) >= 11 is 2.65. The smallest absolute Gasteiger partial charge is 0.352 e. The Hall–Kier alpha value is -5.00. The highest BCUT2D eigenvalue weighted by atomic mass is 32.2. The van der Waals surface area contributed by atoms with E-state index < -0.39 is 70.4 Å². The number of benzene rings is 2. The van der Waals surface area contributed by atoms with Crippen LogP contribution in [0.4, 0.5) is 0 Å². The van der Waals surface area contributed by atoms with Crippen molar-refractivity contribution in [3.63, 3.8) is 0 Å². The number of nitrogens with zero attached hydrogens (tertiary/aromatic N) is 2. The van der Waals surface area contributed by atoms with Crippen LogP contribution in [-0.4, -0.2) is 95.0 Å². The van der Waals surface area contributed by atoms with E-state index in [2.05, 4.69) is 16.0 Å². The summed E-state index contributed by atoms with van der Waals surface area (Å²) in [5.74, 6) is -3.92. The molecule has 0 spiro atoms. The van der Waals surface area contributed by atoms with Crippen LogP contribution in [-0.2, 0) is 28.8 Å². The molecular formula is C32H32N6O9S2. The van der Waals surface area contributed by atoms with Crippen LogP contribution in [0, 0.1) is 0 Å². The summed E-state index contributed by atoms with van der Waals surface area (Å²) in [5.41, 5.74) is 7.76. The van der Waals surface area contributed by atoms with Crippen LogP contribution in [0.2, 0.25) is 0 Å². The molecule has 8 N–H and O–H groups in total. The summed E-state index contributed by atoms with van der Waals surface area (Å²) in [6.45, 7) is 3.30. The van der Waals surface area contributed by atoms with Gasteiger partial charge in [-0.05, 0) is 60.4 Å². The van der Waals surface area contributed by atoms with Gasteiger partial charge in [-0.15, -0.1) is 23.5 Å². The molecule has 2 aromatic rings. The highest BCUT2D eigenvalue weighted by Crippen LogP contribution is 2.42. The van der Waals surface area contributed by atoms with Crippen LogP contribution in [0.5, 0.6) is 11.5 Å². The number of nitrogens with one attached hydrogen (secondary N) is 3. The Morgan fingerprint density at radius 2 is 1.20 bits per heavy atom. The Balaban J connectivity index is 1.17. The largest absolute Gasteiger partial charge is 0.508 e. The Labute approximate surface area is 287 Å². The number of aromatic hydroxyl groups is 2. The molecule has 2 fully saturated rings. The van der Waals surface area contributed by atoms with E-state index in [9.17, 15) is 44.1 Å². The van der Waals surface area contributed by atoms with Gasteiger partial charge in [0.1, 0.15) is 57.8 Å². The maximum Gasteiger partial charge on any atom is 0.352 e. The van der Waals surface area contributed by atoms with Gasteiger partial charge in [0.2, 0.25) is 11.8 Å². The number of rotatable bonds is 9. The number of phenolic OH excluding ortho intramolecular Hbond substituents is 2. The van der Waals surface area contributed by atoms with Crippen molar-refractivity contribution < 1.29 is 44.1 Å². The number of hydrogen-bond acceptors (Lipinski definition) is 11. The van der Waals surface area contributed by atoms with E-state index in [1.807, 2.05) is 0 Å². The van der Waals surface area contributed by atoms with Crippen LogP contribution in [0.25, 0.3) is 0 Å². The molecule has 5 amide bonds. The van der Waals surface area contributed by atoms with E-state index in [-0.39, 0.29) is 28.5 Å². The lowest BCUT2D eigenvalue weighted by molar-refractivity contribution is -0.151. The highest BCUT2D eigenvalue weighted by Gasteiger charge is 2.55. The van der Waals surface area contributed by atoms with Crippen molar-refractivity contribution in [2.45, 2.75) is 48.8 Å². The number of aliphatic carboxylic acids is 1. The van der Waals surface area contributed by atoms with E-state index in [4.69, 9.17) is 5.73 Å². The minimum Gasteiger partial charge on any atom is -0.508 e. The van der Waals surface area contributed by atoms with Gasteiger partial charge in [0.15, 0.2) is 0 Å². The average molecular weight is 709 g/mol. The minimum atomic E-state index is -1.37. The fraction of sp³-hybridized carbons (Fsp3) is 0.312. The zero-order chi connectivity index (χ0) is 35.3. The van der Waals surface area contributed by atoms with Crippen molar-refractivity contribution in [2.75, 3.05) is 11.5 Å². The van der Waals surface area contributed by atoms with Gasteiger partial charge in [-0.3, -0.25) is 33.8 Å². The zero-order valence-electron chi connectivity index (χ0n) is 26.1. The number of hydrogen-bond donors (Lipinski definition) is 7. The molecule has 2 saturated heterocycles. The first-order chi connectivity index (χ1) is 23.3. The number of thioether (sulfide) groups is 2. The lowest BCUT2D eigenvalue weighted by Crippen LogP contribution is -2.72. The van der Waals surface area contributed by atoms with Gasteiger partial charge >= 0.3 is 5.97 Å². The predicted octanol–water partition coefficient (Wildman–Crippen LogP) is 0.388. The quantitative estimate of drug-likeness (QED) is 0.175. The normalized spacial score (nSPS) is 24.1. The van der Waals surface area contributed by atoms with Crippen molar-refractivity contribution in [3.8, 4) is 11.5 Å². The Morgan fingerprint density at radius 3 is 1.71 bits per heavy atom. The number of amides is 5. The number of carboxylic acids is 1. The summed E-state index contributed by atoms with van der Waals surface area (Å²) in [6.07, 6.45) is 0. The Morgan fingerprint density at radius 1 is 0.755 bits per heavy atom. The lowest BCUT2D eigenvalue weighted by Gasteiger charge is -2.50. The summed E-state index contributed by atoms with van der Waals surface area (Å²) in [4.78, 5) is 81.2. The monoisotopic (exact) mass is 708 g/mol. The number of carbonyl (C=O) groups is 6. The summed E-state index contributed by atoms with van der Waals surface area (Å²) < 4.78 is 0. The van der Waals surface area contributed by atoms with E-state index in [1.54, 1.807) is 13.8 Å². The molecule has 49 heavy (non-hydrogen) atoms. The fourth-order valence-corrected chi connectivity index (χ4v) is 8.63. The second-order valence-corrected chi connectivity index (χ2v) is 14.1. The molecule has 4 aliphatic rings. The van der Waals surface area contributed by atoms with Gasteiger partial charge in [-0.2, -0.15) is 0 Å². The molecule has 4 aliphatic heterocycles. The molecule has 6 unspecified atom stereocenters. The molecular weight excluding hydrogens is 677 g/mol. The van der Waals surface area contributed by atoms with Crippen molar-refractivity contribution in [2.24, 2.45) is 5.73 Å². The van der Waals surface area contributed by atoms with Gasteiger partial charge in [0.25, 0.3) is 17.7 Å². The van der Waals surface area contributed by atoms with E-state index in [1.165, 1.54) is 77.0 Å². The average Bonchev–Trinajstić information content (AvgIpc) is 3.08. The molecule has 0 aromatic heterocycles. The van der Waals surface area contributed by atoms with Gasteiger partial charge in [0, 0.05) is 11.5 Å². The van der Waals surface area contributed by atoms with Gasteiger partial charge in [0.05, 0.1) is 0 Å². The summed E-state index contributed by atoms with van der Waals surface area (Å²) in [6, 6.07) is 6.77. The molecule has 4 heterocycles. The Bertz CT molecular complexity index is 1830. The summed E-state index contributed by atoms with van der Waals surface area (Å²) in [7, 11) is 0. The first-order valence-corrected chi connectivity index (χ1v) is 17.2. The Kier molecular flexibility index (Phi) is 9.08. The predicted molar refractivity (Wildman–Crippen MR) is 177 cm³/mol. The van der Waals surface area contributed by atoms with E-state index in [0.29, 0.717) is 28.2 Å².